The maximum absolute atomic E-state index is 12.8. The van der Waals surface area contributed by atoms with E-state index >= 15 is 0 Å². The number of fused-ring (bicyclic) bond motifs is 2. The van der Waals surface area contributed by atoms with Gasteiger partial charge in [-0.1, -0.05) is 35.9 Å². The van der Waals surface area contributed by atoms with E-state index in [4.69, 9.17) is 11.6 Å². The third kappa shape index (κ3) is 4.31. The summed E-state index contributed by atoms with van der Waals surface area (Å²) in [7, 11) is 0. The van der Waals surface area contributed by atoms with Crippen LogP contribution < -0.4 is 10.9 Å². The number of aromatic nitrogens is 4. The first-order valence-electron chi connectivity index (χ1n) is 10.8. The Kier molecular flexibility index (Phi) is 5.87. The molecule has 1 aliphatic heterocycles. The van der Waals surface area contributed by atoms with Gasteiger partial charge in [0.2, 0.25) is 5.91 Å². The molecule has 2 aromatic heterocycles. The Morgan fingerprint density at radius 3 is 2.34 bits per heavy atom. The van der Waals surface area contributed by atoms with Gasteiger partial charge in [-0.3, -0.25) is 28.6 Å². The van der Waals surface area contributed by atoms with E-state index in [1.165, 1.54) is 21.8 Å². The van der Waals surface area contributed by atoms with Crippen molar-refractivity contribution in [2.45, 2.75) is 13.1 Å². The molecule has 0 aliphatic carbocycles. The summed E-state index contributed by atoms with van der Waals surface area (Å²) in [6.45, 7) is 0.400. The first kappa shape index (κ1) is 22.5. The quantitative estimate of drug-likeness (QED) is 0.394. The van der Waals surface area contributed by atoms with Crippen LogP contribution in [-0.4, -0.2) is 55.0 Å². The predicted molar refractivity (Wildman–Crippen MR) is 127 cm³/mol. The molecule has 35 heavy (non-hydrogen) atoms. The van der Waals surface area contributed by atoms with Crippen LogP contribution in [0.1, 0.15) is 26.3 Å². The second-order valence-corrected chi connectivity index (χ2v) is 8.44. The van der Waals surface area contributed by atoms with Gasteiger partial charge in [0.05, 0.1) is 30.4 Å². The van der Waals surface area contributed by atoms with Crippen LogP contribution in [0, 0.1) is 0 Å². The first-order chi connectivity index (χ1) is 16.9. The SMILES string of the molecule is O=C(CN1C(=O)c2ccccc2C1=O)NCCn1ncc2c(=O)n(Cc3ccc(Cl)cc3)cnc21. The van der Waals surface area contributed by atoms with Crippen molar-refractivity contribution in [3.63, 3.8) is 0 Å². The molecule has 4 aromatic rings. The van der Waals surface area contributed by atoms with E-state index in [9.17, 15) is 19.2 Å². The third-order valence-corrected chi connectivity index (χ3v) is 5.97. The molecule has 1 aliphatic rings. The largest absolute Gasteiger partial charge is 0.353 e. The number of rotatable bonds is 7. The zero-order chi connectivity index (χ0) is 24.5. The molecular weight excluding hydrogens is 472 g/mol. The van der Waals surface area contributed by atoms with Crippen LogP contribution in [0.3, 0.4) is 0 Å². The summed E-state index contributed by atoms with van der Waals surface area (Å²) < 4.78 is 3.01. The number of carbonyl (C=O) groups excluding carboxylic acids is 3. The molecule has 0 unspecified atom stereocenters. The van der Waals surface area contributed by atoms with Gasteiger partial charge in [-0.25, -0.2) is 9.67 Å². The Bertz CT molecular complexity index is 1490. The molecule has 0 saturated carbocycles. The molecular formula is C24H19ClN6O4. The molecule has 176 valence electrons. The lowest BCUT2D eigenvalue weighted by atomic mass is 10.1. The fourth-order valence-electron chi connectivity index (χ4n) is 3.94. The molecule has 0 fully saturated rings. The number of benzene rings is 2. The van der Waals surface area contributed by atoms with Gasteiger partial charge < -0.3 is 5.32 Å². The molecule has 0 atom stereocenters. The molecule has 3 amide bonds. The summed E-state index contributed by atoms with van der Waals surface area (Å²) in [4.78, 5) is 55.3. The predicted octanol–water partition coefficient (Wildman–Crippen LogP) is 1.71. The van der Waals surface area contributed by atoms with E-state index in [-0.39, 0.29) is 25.2 Å². The lowest BCUT2D eigenvalue weighted by molar-refractivity contribution is -0.121. The van der Waals surface area contributed by atoms with Gasteiger partial charge in [0.25, 0.3) is 17.4 Å². The number of nitrogens with zero attached hydrogens (tertiary/aromatic N) is 5. The Balaban J connectivity index is 1.21. The van der Waals surface area contributed by atoms with Crippen molar-refractivity contribution in [1.29, 1.82) is 0 Å². The summed E-state index contributed by atoms with van der Waals surface area (Å²) >= 11 is 5.91. The van der Waals surface area contributed by atoms with Crippen LogP contribution in [0.4, 0.5) is 0 Å². The van der Waals surface area contributed by atoms with Gasteiger partial charge in [-0.05, 0) is 29.8 Å². The highest BCUT2D eigenvalue weighted by atomic mass is 35.5. The van der Waals surface area contributed by atoms with E-state index in [1.807, 2.05) is 12.1 Å². The lowest BCUT2D eigenvalue weighted by Crippen LogP contribution is -2.41. The molecule has 11 heteroatoms. The fourth-order valence-corrected chi connectivity index (χ4v) is 4.07. The summed E-state index contributed by atoms with van der Waals surface area (Å²) in [5, 5.41) is 7.87. The van der Waals surface area contributed by atoms with E-state index in [0.717, 1.165) is 10.5 Å². The number of nitrogens with one attached hydrogen (secondary N) is 1. The second-order valence-electron chi connectivity index (χ2n) is 8.00. The van der Waals surface area contributed by atoms with E-state index in [2.05, 4.69) is 15.4 Å². The van der Waals surface area contributed by atoms with Gasteiger partial charge in [0.15, 0.2) is 5.65 Å². The van der Waals surface area contributed by atoms with Gasteiger partial charge >= 0.3 is 0 Å². The number of hydrogen-bond acceptors (Lipinski definition) is 6. The summed E-state index contributed by atoms with van der Waals surface area (Å²) in [5.74, 6) is -1.45. The van der Waals surface area contributed by atoms with E-state index in [1.54, 1.807) is 36.4 Å². The zero-order valence-corrected chi connectivity index (χ0v) is 19.1. The summed E-state index contributed by atoms with van der Waals surface area (Å²) in [5.41, 5.74) is 1.66. The average Bonchev–Trinajstić information content (AvgIpc) is 3.37. The number of amides is 3. The smallest absolute Gasteiger partial charge is 0.264 e. The van der Waals surface area contributed by atoms with Crippen molar-refractivity contribution in [2.24, 2.45) is 0 Å². The maximum Gasteiger partial charge on any atom is 0.264 e. The highest BCUT2D eigenvalue weighted by Crippen LogP contribution is 2.21. The minimum absolute atomic E-state index is 0.175. The van der Waals surface area contributed by atoms with Crippen LogP contribution in [-0.2, 0) is 17.9 Å². The minimum atomic E-state index is -0.488. The zero-order valence-electron chi connectivity index (χ0n) is 18.3. The molecule has 10 nitrogen and oxygen atoms in total. The number of halogens is 1. The van der Waals surface area contributed by atoms with Crippen molar-refractivity contribution in [2.75, 3.05) is 13.1 Å². The molecule has 0 spiro atoms. The summed E-state index contributed by atoms with van der Waals surface area (Å²) in [6.07, 6.45) is 2.90. The van der Waals surface area contributed by atoms with Gasteiger partial charge in [-0.2, -0.15) is 5.10 Å². The number of imide groups is 1. The first-order valence-corrected chi connectivity index (χ1v) is 11.2. The standard InChI is InChI=1S/C24H19ClN6O4/c25-16-7-5-15(6-8-16)12-29-14-27-21-19(22(29)33)11-28-31(21)10-9-26-20(32)13-30-23(34)17-3-1-2-4-18(17)24(30)35/h1-8,11,14H,9-10,12-13H2,(H,26,32). The highest BCUT2D eigenvalue weighted by Gasteiger charge is 2.36. The highest BCUT2D eigenvalue weighted by molar-refractivity contribution is 6.30. The van der Waals surface area contributed by atoms with Gasteiger partial charge in [0, 0.05) is 11.6 Å². The van der Waals surface area contributed by atoms with Crippen molar-refractivity contribution in [3.8, 4) is 0 Å². The normalized spacial score (nSPS) is 12.9. The molecule has 5 rings (SSSR count). The van der Waals surface area contributed by atoms with Crippen molar-refractivity contribution < 1.29 is 14.4 Å². The monoisotopic (exact) mass is 490 g/mol. The second kappa shape index (κ2) is 9.15. The van der Waals surface area contributed by atoms with Crippen molar-refractivity contribution in [3.05, 3.63) is 93.1 Å². The van der Waals surface area contributed by atoms with Crippen LogP contribution >= 0.6 is 11.6 Å². The Morgan fingerprint density at radius 1 is 0.971 bits per heavy atom. The van der Waals surface area contributed by atoms with Gasteiger partial charge in [0.1, 0.15) is 18.3 Å². The molecule has 0 bridgehead atoms. The Labute approximate surface area is 203 Å². The summed E-state index contributed by atoms with van der Waals surface area (Å²) in [6, 6.07) is 13.7. The van der Waals surface area contributed by atoms with Gasteiger partial charge in [-0.15, -0.1) is 0 Å². The Morgan fingerprint density at radius 2 is 1.66 bits per heavy atom. The van der Waals surface area contributed by atoms with Crippen LogP contribution in [0.2, 0.25) is 5.02 Å². The topological polar surface area (TPSA) is 119 Å². The Hall–Kier alpha value is -4.31. The van der Waals surface area contributed by atoms with Crippen LogP contribution in [0.5, 0.6) is 0 Å². The van der Waals surface area contributed by atoms with Crippen LogP contribution in [0.15, 0.2) is 65.8 Å². The minimum Gasteiger partial charge on any atom is -0.353 e. The number of hydrogen-bond donors (Lipinski definition) is 1. The van der Waals surface area contributed by atoms with Crippen molar-refractivity contribution >= 4 is 40.4 Å². The van der Waals surface area contributed by atoms with Crippen molar-refractivity contribution in [1.82, 2.24) is 29.5 Å². The molecule has 1 N–H and O–H groups in total. The van der Waals surface area contributed by atoms with E-state index < -0.39 is 17.7 Å². The fraction of sp³-hybridized carbons (Fsp3) is 0.167. The van der Waals surface area contributed by atoms with E-state index in [0.29, 0.717) is 33.7 Å². The molecule has 0 radical (unpaired) electrons. The molecule has 0 saturated heterocycles. The van der Waals surface area contributed by atoms with Crippen LogP contribution in [0.25, 0.3) is 11.0 Å². The molecule has 3 heterocycles. The average molecular weight is 491 g/mol. The molecule has 2 aromatic carbocycles. The maximum atomic E-state index is 12.8. The third-order valence-electron chi connectivity index (χ3n) is 5.71. The number of carbonyl (C=O) groups is 3. The lowest BCUT2D eigenvalue weighted by Gasteiger charge is -2.13.